The zero-order chi connectivity index (χ0) is 15.1. The standard InChI is InChI=1S/C18H21NO2/c1-3-19(12-15-7-5-4-6-8-15)13-17-11-16(14-20)9-10-18(17)21-2/h4-11,14H,3,12-13H2,1-2H3. The van der Waals surface area contributed by atoms with Crippen LogP contribution in [0.5, 0.6) is 5.75 Å². The SMILES string of the molecule is CCN(Cc1ccccc1)Cc1cc(C=O)ccc1OC. The van der Waals surface area contributed by atoms with Gasteiger partial charge in [0.05, 0.1) is 7.11 Å². The monoisotopic (exact) mass is 283 g/mol. The molecule has 2 rings (SSSR count). The highest BCUT2D eigenvalue weighted by Gasteiger charge is 2.10. The summed E-state index contributed by atoms with van der Waals surface area (Å²) in [6.07, 6.45) is 0.871. The van der Waals surface area contributed by atoms with Crippen LogP contribution in [0.3, 0.4) is 0 Å². The second-order valence-electron chi connectivity index (χ2n) is 4.98. The van der Waals surface area contributed by atoms with E-state index >= 15 is 0 Å². The van der Waals surface area contributed by atoms with Gasteiger partial charge in [0.25, 0.3) is 0 Å². The smallest absolute Gasteiger partial charge is 0.150 e. The Balaban J connectivity index is 2.16. The Labute approximate surface area is 126 Å². The van der Waals surface area contributed by atoms with Gasteiger partial charge in [-0.2, -0.15) is 0 Å². The van der Waals surface area contributed by atoms with Crippen molar-refractivity contribution in [2.45, 2.75) is 20.0 Å². The van der Waals surface area contributed by atoms with Crippen LogP contribution in [0.1, 0.15) is 28.4 Å². The molecule has 3 heteroatoms. The van der Waals surface area contributed by atoms with E-state index in [2.05, 4.69) is 36.1 Å². The fourth-order valence-electron chi connectivity index (χ4n) is 2.36. The van der Waals surface area contributed by atoms with E-state index in [0.29, 0.717) is 5.56 Å². The molecule has 0 aliphatic rings. The minimum absolute atomic E-state index is 0.682. The maximum Gasteiger partial charge on any atom is 0.150 e. The fourth-order valence-corrected chi connectivity index (χ4v) is 2.36. The number of hydrogen-bond donors (Lipinski definition) is 0. The van der Waals surface area contributed by atoms with Crippen molar-refractivity contribution in [3.8, 4) is 5.75 Å². The summed E-state index contributed by atoms with van der Waals surface area (Å²) in [4.78, 5) is 13.3. The van der Waals surface area contributed by atoms with Crippen molar-refractivity contribution in [1.82, 2.24) is 4.90 Å². The first-order chi connectivity index (χ1) is 10.3. The van der Waals surface area contributed by atoms with Gasteiger partial charge >= 0.3 is 0 Å². The summed E-state index contributed by atoms with van der Waals surface area (Å²) < 4.78 is 5.40. The largest absolute Gasteiger partial charge is 0.496 e. The van der Waals surface area contributed by atoms with Gasteiger partial charge in [-0.05, 0) is 30.3 Å². The Morgan fingerprint density at radius 3 is 2.48 bits per heavy atom. The molecule has 0 saturated heterocycles. The van der Waals surface area contributed by atoms with Gasteiger partial charge in [0.2, 0.25) is 0 Å². The second-order valence-corrected chi connectivity index (χ2v) is 4.98. The normalized spacial score (nSPS) is 10.6. The summed E-state index contributed by atoms with van der Waals surface area (Å²) in [5.41, 5.74) is 3.01. The van der Waals surface area contributed by atoms with E-state index in [0.717, 1.165) is 37.2 Å². The number of aldehydes is 1. The number of carbonyl (C=O) groups is 1. The maximum atomic E-state index is 11.0. The van der Waals surface area contributed by atoms with Crippen LogP contribution in [0.4, 0.5) is 0 Å². The average Bonchev–Trinajstić information content (AvgIpc) is 2.55. The van der Waals surface area contributed by atoms with Crippen molar-refractivity contribution in [2.24, 2.45) is 0 Å². The molecule has 110 valence electrons. The lowest BCUT2D eigenvalue weighted by atomic mass is 10.1. The summed E-state index contributed by atoms with van der Waals surface area (Å²) >= 11 is 0. The topological polar surface area (TPSA) is 29.5 Å². The molecule has 0 heterocycles. The van der Waals surface area contributed by atoms with E-state index in [1.807, 2.05) is 18.2 Å². The third kappa shape index (κ3) is 4.17. The third-order valence-corrected chi connectivity index (χ3v) is 3.53. The van der Waals surface area contributed by atoms with Crippen LogP contribution in [-0.4, -0.2) is 24.8 Å². The predicted octanol–water partition coefficient (Wildman–Crippen LogP) is 3.53. The molecular formula is C18H21NO2. The van der Waals surface area contributed by atoms with E-state index in [9.17, 15) is 4.79 Å². The van der Waals surface area contributed by atoms with Crippen LogP contribution in [0, 0.1) is 0 Å². The van der Waals surface area contributed by atoms with Crippen molar-refractivity contribution < 1.29 is 9.53 Å². The minimum Gasteiger partial charge on any atom is -0.496 e. The zero-order valence-corrected chi connectivity index (χ0v) is 12.6. The lowest BCUT2D eigenvalue weighted by Crippen LogP contribution is -2.22. The van der Waals surface area contributed by atoms with Crippen molar-refractivity contribution >= 4 is 6.29 Å². The van der Waals surface area contributed by atoms with E-state index in [1.54, 1.807) is 13.2 Å². The van der Waals surface area contributed by atoms with Gasteiger partial charge in [-0.25, -0.2) is 0 Å². The van der Waals surface area contributed by atoms with Crippen molar-refractivity contribution in [3.63, 3.8) is 0 Å². The van der Waals surface area contributed by atoms with Crippen LogP contribution < -0.4 is 4.74 Å². The number of nitrogens with zero attached hydrogens (tertiary/aromatic N) is 1. The summed E-state index contributed by atoms with van der Waals surface area (Å²) in [5.74, 6) is 0.826. The Bertz CT molecular complexity index is 581. The second kappa shape index (κ2) is 7.60. The van der Waals surface area contributed by atoms with Crippen molar-refractivity contribution in [3.05, 3.63) is 65.2 Å². The van der Waals surface area contributed by atoms with Crippen LogP contribution in [0.15, 0.2) is 48.5 Å². The molecule has 0 aliphatic carbocycles. The first kappa shape index (κ1) is 15.3. The number of methoxy groups -OCH3 is 1. The summed E-state index contributed by atoms with van der Waals surface area (Å²) in [7, 11) is 1.66. The minimum atomic E-state index is 0.682. The predicted molar refractivity (Wildman–Crippen MR) is 84.6 cm³/mol. The third-order valence-electron chi connectivity index (χ3n) is 3.53. The maximum absolute atomic E-state index is 11.0. The van der Waals surface area contributed by atoms with Gasteiger partial charge in [-0.15, -0.1) is 0 Å². The quantitative estimate of drug-likeness (QED) is 0.728. The molecule has 0 aromatic heterocycles. The number of benzene rings is 2. The van der Waals surface area contributed by atoms with Crippen LogP contribution >= 0.6 is 0 Å². The highest BCUT2D eigenvalue weighted by molar-refractivity contribution is 5.75. The number of ether oxygens (including phenoxy) is 1. The molecule has 0 atom stereocenters. The molecule has 21 heavy (non-hydrogen) atoms. The van der Waals surface area contributed by atoms with Crippen LogP contribution in [-0.2, 0) is 13.1 Å². The Hall–Kier alpha value is -2.13. The number of hydrogen-bond acceptors (Lipinski definition) is 3. The van der Waals surface area contributed by atoms with E-state index in [-0.39, 0.29) is 0 Å². The van der Waals surface area contributed by atoms with Gasteiger partial charge in [-0.3, -0.25) is 9.69 Å². The molecule has 2 aromatic rings. The van der Waals surface area contributed by atoms with Gasteiger partial charge in [0.15, 0.2) is 0 Å². The molecule has 0 N–H and O–H groups in total. The van der Waals surface area contributed by atoms with Gasteiger partial charge in [-0.1, -0.05) is 37.3 Å². The molecule has 0 radical (unpaired) electrons. The summed E-state index contributed by atoms with van der Waals surface area (Å²) in [6, 6.07) is 15.9. The zero-order valence-electron chi connectivity index (χ0n) is 12.6. The van der Waals surface area contributed by atoms with Gasteiger partial charge < -0.3 is 4.74 Å². The highest BCUT2D eigenvalue weighted by atomic mass is 16.5. The Kier molecular flexibility index (Phi) is 5.52. The van der Waals surface area contributed by atoms with Crippen LogP contribution in [0.2, 0.25) is 0 Å². The lowest BCUT2D eigenvalue weighted by Gasteiger charge is -2.22. The molecule has 0 unspecified atom stereocenters. The van der Waals surface area contributed by atoms with Gasteiger partial charge in [0.1, 0.15) is 12.0 Å². The molecule has 0 saturated carbocycles. The molecule has 3 nitrogen and oxygen atoms in total. The van der Waals surface area contributed by atoms with E-state index in [4.69, 9.17) is 4.74 Å². The molecular weight excluding hydrogens is 262 g/mol. The van der Waals surface area contributed by atoms with E-state index < -0.39 is 0 Å². The molecule has 0 amide bonds. The van der Waals surface area contributed by atoms with Crippen molar-refractivity contribution in [2.75, 3.05) is 13.7 Å². The first-order valence-electron chi connectivity index (χ1n) is 7.15. The lowest BCUT2D eigenvalue weighted by molar-refractivity contribution is 0.112. The molecule has 2 aromatic carbocycles. The van der Waals surface area contributed by atoms with Crippen LogP contribution in [0.25, 0.3) is 0 Å². The molecule has 0 bridgehead atoms. The fraction of sp³-hybridized carbons (Fsp3) is 0.278. The first-order valence-corrected chi connectivity index (χ1v) is 7.15. The molecule has 0 spiro atoms. The summed E-state index contributed by atoms with van der Waals surface area (Å²) in [6.45, 7) is 4.71. The molecule has 0 fully saturated rings. The summed E-state index contributed by atoms with van der Waals surface area (Å²) in [5, 5.41) is 0. The molecule has 0 aliphatic heterocycles. The Morgan fingerprint density at radius 2 is 1.86 bits per heavy atom. The Morgan fingerprint density at radius 1 is 1.10 bits per heavy atom. The van der Waals surface area contributed by atoms with E-state index in [1.165, 1.54) is 5.56 Å². The highest BCUT2D eigenvalue weighted by Crippen LogP contribution is 2.22. The van der Waals surface area contributed by atoms with Crippen molar-refractivity contribution in [1.29, 1.82) is 0 Å². The van der Waals surface area contributed by atoms with Gasteiger partial charge in [0, 0.05) is 24.2 Å². The average molecular weight is 283 g/mol. The number of rotatable bonds is 7. The number of carbonyl (C=O) groups excluding carboxylic acids is 1.